The highest BCUT2D eigenvalue weighted by molar-refractivity contribution is 5.94. The van der Waals surface area contributed by atoms with E-state index in [-0.39, 0.29) is 5.76 Å². The van der Waals surface area contributed by atoms with E-state index in [0.717, 1.165) is 11.1 Å². The minimum absolute atomic E-state index is 0.00620. The predicted octanol–water partition coefficient (Wildman–Crippen LogP) is 3.49. The molecule has 0 spiro atoms. The van der Waals surface area contributed by atoms with Gasteiger partial charge in [-0.15, -0.1) is 0 Å². The van der Waals surface area contributed by atoms with E-state index in [4.69, 9.17) is 4.74 Å². The third kappa shape index (κ3) is 3.77. The summed E-state index contributed by atoms with van der Waals surface area (Å²) in [5.41, 5.74) is 2.41. The largest absolute Gasteiger partial charge is 0.487 e. The highest BCUT2D eigenvalue weighted by Crippen LogP contribution is 2.26. The number of hydrogen-bond donors (Lipinski definition) is 1. The minimum atomic E-state index is -1.04. The number of carboxylic acid groups (broad SMARTS) is 1. The maximum Gasteiger partial charge on any atom is 0.371 e. The number of carbonyl (C=O) groups is 1. The summed E-state index contributed by atoms with van der Waals surface area (Å²) in [6.45, 7) is 7.81. The first kappa shape index (κ1) is 14.0. The van der Waals surface area contributed by atoms with Gasteiger partial charge in [0.1, 0.15) is 0 Å². The van der Waals surface area contributed by atoms with Gasteiger partial charge in [-0.2, -0.15) is 0 Å². The first-order valence-electron chi connectivity index (χ1n) is 5.85. The van der Waals surface area contributed by atoms with Crippen molar-refractivity contribution >= 4 is 11.5 Å². The Labute approximate surface area is 107 Å². The summed E-state index contributed by atoms with van der Waals surface area (Å²) < 4.78 is 5.26. The fourth-order valence-corrected chi connectivity index (χ4v) is 1.68. The number of carboxylic acids is 1. The van der Waals surface area contributed by atoms with Crippen molar-refractivity contribution in [3.8, 4) is 0 Å². The molecule has 3 heteroatoms. The molecule has 1 N–H and O–H groups in total. The lowest BCUT2D eigenvalue weighted by molar-refractivity contribution is -0.136. The second kappa shape index (κ2) is 6.64. The molecule has 0 saturated carbocycles. The van der Waals surface area contributed by atoms with Gasteiger partial charge in [0.2, 0.25) is 5.76 Å². The Kier molecular flexibility index (Phi) is 5.18. The molecule has 0 radical (unpaired) electrons. The van der Waals surface area contributed by atoms with Crippen LogP contribution in [-0.2, 0) is 9.53 Å². The van der Waals surface area contributed by atoms with Crippen LogP contribution in [-0.4, -0.2) is 17.7 Å². The molecule has 0 aromatic heterocycles. The minimum Gasteiger partial charge on any atom is -0.487 e. The molecule has 0 aliphatic carbocycles. The number of rotatable bonds is 6. The third-order valence-corrected chi connectivity index (χ3v) is 2.36. The molecule has 1 aromatic carbocycles. The van der Waals surface area contributed by atoms with E-state index >= 15 is 0 Å². The van der Waals surface area contributed by atoms with Crippen molar-refractivity contribution in [1.82, 2.24) is 0 Å². The monoisotopic (exact) mass is 246 g/mol. The van der Waals surface area contributed by atoms with Gasteiger partial charge in [-0.25, -0.2) is 4.79 Å². The van der Waals surface area contributed by atoms with Crippen LogP contribution in [0.15, 0.2) is 48.2 Å². The molecule has 0 bridgehead atoms. The second-order valence-corrected chi connectivity index (χ2v) is 4.05. The second-order valence-electron chi connectivity index (χ2n) is 4.05. The van der Waals surface area contributed by atoms with E-state index in [1.165, 1.54) is 0 Å². The highest BCUT2D eigenvalue weighted by Gasteiger charge is 2.17. The lowest BCUT2D eigenvalue weighted by atomic mass is 9.98. The van der Waals surface area contributed by atoms with Gasteiger partial charge >= 0.3 is 5.97 Å². The smallest absolute Gasteiger partial charge is 0.371 e. The molecule has 0 amide bonds. The Morgan fingerprint density at radius 1 is 1.33 bits per heavy atom. The predicted molar refractivity (Wildman–Crippen MR) is 72.1 cm³/mol. The van der Waals surface area contributed by atoms with E-state index in [1.54, 1.807) is 6.92 Å². The molecule has 0 aliphatic rings. The van der Waals surface area contributed by atoms with Gasteiger partial charge in [0, 0.05) is 5.57 Å². The first-order chi connectivity index (χ1) is 8.56. The van der Waals surface area contributed by atoms with E-state index in [0.29, 0.717) is 18.6 Å². The molecule has 0 heterocycles. The van der Waals surface area contributed by atoms with Crippen LogP contribution in [0.4, 0.5) is 0 Å². The van der Waals surface area contributed by atoms with Crippen LogP contribution in [0.2, 0.25) is 0 Å². The molecule has 96 valence electrons. The number of allylic oxidation sites excluding steroid dienone is 2. The summed E-state index contributed by atoms with van der Waals surface area (Å²) in [6, 6.07) is 9.39. The lowest BCUT2D eigenvalue weighted by Crippen LogP contribution is -2.08. The van der Waals surface area contributed by atoms with Crippen molar-refractivity contribution in [3.63, 3.8) is 0 Å². The maximum atomic E-state index is 11.3. The fourth-order valence-electron chi connectivity index (χ4n) is 1.68. The zero-order valence-electron chi connectivity index (χ0n) is 10.8. The highest BCUT2D eigenvalue weighted by atomic mass is 16.5. The van der Waals surface area contributed by atoms with Crippen molar-refractivity contribution in [2.75, 3.05) is 6.61 Å². The van der Waals surface area contributed by atoms with Crippen molar-refractivity contribution in [1.29, 1.82) is 0 Å². The number of benzene rings is 1. The Balaban J connectivity index is 3.29. The molecule has 0 aliphatic heterocycles. The molecular formula is C15H18O3. The molecular weight excluding hydrogens is 228 g/mol. The van der Waals surface area contributed by atoms with Crippen LogP contribution in [0.25, 0.3) is 5.57 Å². The first-order valence-corrected chi connectivity index (χ1v) is 5.85. The summed E-state index contributed by atoms with van der Waals surface area (Å²) in [7, 11) is 0. The summed E-state index contributed by atoms with van der Waals surface area (Å²) >= 11 is 0. The van der Waals surface area contributed by atoms with Crippen LogP contribution in [0.3, 0.4) is 0 Å². The van der Waals surface area contributed by atoms with Crippen LogP contribution >= 0.6 is 0 Å². The molecule has 0 atom stereocenters. The number of aliphatic carboxylic acids is 1. The van der Waals surface area contributed by atoms with Gasteiger partial charge in [-0.3, -0.25) is 0 Å². The Hall–Kier alpha value is -2.03. The topological polar surface area (TPSA) is 46.5 Å². The van der Waals surface area contributed by atoms with E-state index < -0.39 is 5.97 Å². The van der Waals surface area contributed by atoms with E-state index in [1.807, 2.05) is 37.3 Å². The van der Waals surface area contributed by atoms with Gasteiger partial charge in [-0.1, -0.05) is 42.5 Å². The molecule has 1 aromatic rings. The Morgan fingerprint density at radius 3 is 2.39 bits per heavy atom. The van der Waals surface area contributed by atoms with Gasteiger partial charge in [0.05, 0.1) is 6.61 Å². The zero-order chi connectivity index (χ0) is 13.5. The summed E-state index contributed by atoms with van der Waals surface area (Å²) in [4.78, 5) is 11.3. The zero-order valence-corrected chi connectivity index (χ0v) is 10.8. The summed E-state index contributed by atoms with van der Waals surface area (Å²) in [5, 5.41) is 9.24. The standard InChI is InChI=1S/C15H18O3/c1-4-18-14(15(16)17)13(10-11(2)3)12-8-6-5-7-9-12/h5-9H,2,4,10H2,1,3H3,(H,16,17). The van der Waals surface area contributed by atoms with Crippen LogP contribution in [0.5, 0.6) is 0 Å². The van der Waals surface area contributed by atoms with Crippen molar-refractivity contribution in [2.45, 2.75) is 20.3 Å². The van der Waals surface area contributed by atoms with Gasteiger partial charge in [-0.05, 0) is 25.8 Å². The molecule has 1 rings (SSSR count). The van der Waals surface area contributed by atoms with Crippen molar-refractivity contribution in [2.24, 2.45) is 0 Å². The van der Waals surface area contributed by atoms with Crippen molar-refractivity contribution < 1.29 is 14.6 Å². The molecule has 0 fully saturated rings. The van der Waals surface area contributed by atoms with Gasteiger partial charge < -0.3 is 9.84 Å². The Bertz CT molecular complexity index is 458. The van der Waals surface area contributed by atoms with Crippen molar-refractivity contribution in [3.05, 3.63) is 53.8 Å². The number of ether oxygens (including phenoxy) is 1. The van der Waals surface area contributed by atoms with Gasteiger partial charge in [0.15, 0.2) is 0 Å². The Morgan fingerprint density at radius 2 is 1.94 bits per heavy atom. The summed E-state index contributed by atoms with van der Waals surface area (Å²) in [6.07, 6.45) is 0.492. The summed E-state index contributed by atoms with van der Waals surface area (Å²) in [5.74, 6) is -1.04. The third-order valence-electron chi connectivity index (χ3n) is 2.36. The normalized spacial score (nSPS) is 11.7. The van der Waals surface area contributed by atoms with E-state index in [9.17, 15) is 9.90 Å². The fraction of sp³-hybridized carbons (Fsp3) is 0.267. The molecule has 3 nitrogen and oxygen atoms in total. The maximum absolute atomic E-state index is 11.3. The average Bonchev–Trinajstić information content (AvgIpc) is 2.34. The quantitative estimate of drug-likeness (QED) is 0.475. The molecule has 0 unspecified atom stereocenters. The molecule has 18 heavy (non-hydrogen) atoms. The lowest BCUT2D eigenvalue weighted by Gasteiger charge is -2.13. The van der Waals surface area contributed by atoms with Crippen LogP contribution < -0.4 is 0 Å². The van der Waals surface area contributed by atoms with Crippen LogP contribution in [0.1, 0.15) is 25.8 Å². The SMILES string of the molecule is C=C(C)CC(=C(OCC)C(=O)O)c1ccccc1. The molecule has 0 saturated heterocycles. The van der Waals surface area contributed by atoms with Crippen LogP contribution in [0, 0.1) is 0 Å². The van der Waals surface area contributed by atoms with Gasteiger partial charge in [0.25, 0.3) is 0 Å². The number of hydrogen-bond acceptors (Lipinski definition) is 2. The van der Waals surface area contributed by atoms with E-state index in [2.05, 4.69) is 6.58 Å². The average molecular weight is 246 g/mol.